The molecule has 0 saturated heterocycles. The van der Waals surface area contributed by atoms with E-state index in [1.165, 1.54) is 6.07 Å². The maximum atomic E-state index is 11.8. The normalized spacial score (nSPS) is 12.5. The van der Waals surface area contributed by atoms with Crippen LogP contribution in [0.15, 0.2) is 11.0 Å². The number of hydrogen-bond donors (Lipinski definition) is 0. The van der Waals surface area contributed by atoms with Crippen molar-refractivity contribution in [1.82, 2.24) is 0 Å². The molecule has 0 amide bonds. The Kier molecular flexibility index (Phi) is 5.03. The van der Waals surface area contributed by atoms with Gasteiger partial charge in [0.15, 0.2) is 0 Å². The van der Waals surface area contributed by atoms with E-state index in [1.54, 1.807) is 6.92 Å². The van der Waals surface area contributed by atoms with Crippen LogP contribution in [-0.2, 0) is 13.8 Å². The molecule has 0 aromatic carbocycles. The lowest BCUT2D eigenvalue weighted by molar-refractivity contribution is 0.0470. The van der Waals surface area contributed by atoms with Crippen molar-refractivity contribution in [1.29, 1.82) is 0 Å². The molecule has 0 fully saturated rings. The molecule has 0 spiro atoms. The number of aryl methyl sites for hydroxylation is 1. The van der Waals surface area contributed by atoms with E-state index >= 15 is 0 Å². The lowest BCUT2D eigenvalue weighted by Gasteiger charge is -2.17. The van der Waals surface area contributed by atoms with Crippen LogP contribution < -0.4 is 0 Å². The lowest BCUT2D eigenvalue weighted by Crippen LogP contribution is -2.12. The second-order valence-electron chi connectivity index (χ2n) is 5.42. The number of hydrogen-bond acceptors (Lipinski definition) is 5. The zero-order chi connectivity index (χ0) is 14.8. The monoisotopic (exact) mass is 324 g/mol. The van der Waals surface area contributed by atoms with E-state index in [-0.39, 0.29) is 15.2 Å². The van der Waals surface area contributed by atoms with Crippen molar-refractivity contribution in [2.24, 2.45) is 5.41 Å². The van der Waals surface area contributed by atoms with E-state index in [2.05, 4.69) is 0 Å². The molecule has 19 heavy (non-hydrogen) atoms. The maximum Gasteiger partial charge on any atom is 0.348 e. The third-order valence-corrected chi connectivity index (χ3v) is 5.03. The molecule has 1 aromatic rings. The van der Waals surface area contributed by atoms with Gasteiger partial charge in [-0.25, -0.2) is 13.2 Å². The predicted octanol–water partition coefficient (Wildman–Crippen LogP) is 3.58. The summed E-state index contributed by atoms with van der Waals surface area (Å²) < 4.78 is 27.6. The summed E-state index contributed by atoms with van der Waals surface area (Å²) >= 11 is 1.07. The van der Waals surface area contributed by atoms with Gasteiger partial charge in [-0.05, 0) is 24.8 Å². The van der Waals surface area contributed by atoms with Gasteiger partial charge in [-0.15, -0.1) is 11.3 Å². The molecule has 1 rings (SSSR count). The van der Waals surface area contributed by atoms with Crippen molar-refractivity contribution in [3.8, 4) is 0 Å². The smallest absolute Gasteiger partial charge is 0.348 e. The van der Waals surface area contributed by atoms with Gasteiger partial charge in [-0.1, -0.05) is 20.8 Å². The summed E-state index contributed by atoms with van der Waals surface area (Å²) in [6.07, 6.45) is 0.740. The van der Waals surface area contributed by atoms with Crippen LogP contribution in [0.1, 0.15) is 41.7 Å². The Bertz CT molecular complexity index is 567. The topological polar surface area (TPSA) is 60.4 Å². The number of halogens is 1. The van der Waals surface area contributed by atoms with E-state index in [9.17, 15) is 13.2 Å². The second-order valence-corrected chi connectivity index (χ2v) is 9.21. The van der Waals surface area contributed by atoms with E-state index in [0.29, 0.717) is 11.5 Å². The van der Waals surface area contributed by atoms with Crippen LogP contribution in [0.5, 0.6) is 0 Å². The van der Waals surface area contributed by atoms with Crippen LogP contribution in [0.2, 0.25) is 0 Å². The van der Waals surface area contributed by atoms with E-state index in [1.807, 2.05) is 20.8 Å². The number of rotatable bonds is 4. The third kappa shape index (κ3) is 5.12. The van der Waals surface area contributed by atoms with Crippen LogP contribution in [0.3, 0.4) is 0 Å². The van der Waals surface area contributed by atoms with Gasteiger partial charge in [0.2, 0.25) is 0 Å². The minimum Gasteiger partial charge on any atom is -0.461 e. The third-order valence-electron chi connectivity index (χ3n) is 2.42. The molecule has 4 nitrogen and oxygen atoms in total. The second kappa shape index (κ2) is 5.81. The first-order chi connectivity index (χ1) is 8.50. The van der Waals surface area contributed by atoms with E-state index < -0.39 is 15.0 Å². The Labute approximate surface area is 122 Å². The molecular weight excluding hydrogens is 308 g/mol. The van der Waals surface area contributed by atoms with E-state index in [4.69, 9.17) is 15.4 Å². The summed E-state index contributed by atoms with van der Waals surface area (Å²) in [5, 5.41) is 0. The Hall–Kier alpha value is -0.590. The molecule has 0 aliphatic rings. The van der Waals surface area contributed by atoms with Crippen molar-refractivity contribution < 1.29 is 17.9 Å². The average molecular weight is 325 g/mol. The van der Waals surface area contributed by atoms with E-state index in [0.717, 1.165) is 17.8 Å². The summed E-state index contributed by atoms with van der Waals surface area (Å²) in [5.41, 5.74) is 0.0796. The molecule has 0 N–H and O–H groups in total. The van der Waals surface area contributed by atoms with Crippen LogP contribution in [0.4, 0.5) is 0 Å². The molecule has 0 aliphatic carbocycles. The van der Waals surface area contributed by atoms with Crippen LogP contribution in [-0.4, -0.2) is 21.0 Å². The van der Waals surface area contributed by atoms with Gasteiger partial charge in [-0.2, -0.15) is 0 Å². The number of ether oxygens (including phenoxy) is 1. The number of carbonyl (C=O) groups excluding carboxylic acids is 1. The predicted molar refractivity (Wildman–Crippen MR) is 76.4 cm³/mol. The first-order valence-corrected chi connectivity index (χ1v) is 8.85. The Morgan fingerprint density at radius 1 is 1.42 bits per heavy atom. The van der Waals surface area contributed by atoms with Crippen LogP contribution in [0.25, 0.3) is 0 Å². The Balaban J connectivity index is 2.74. The number of thiophene rings is 1. The fourth-order valence-corrected chi connectivity index (χ4v) is 3.89. The molecule has 108 valence electrons. The zero-order valence-electron chi connectivity index (χ0n) is 11.3. The quantitative estimate of drug-likeness (QED) is 0.627. The van der Waals surface area contributed by atoms with Crippen LogP contribution >= 0.6 is 22.0 Å². The molecule has 1 heterocycles. The van der Waals surface area contributed by atoms with Gasteiger partial charge in [-0.3, -0.25) is 0 Å². The highest BCUT2D eigenvalue weighted by Gasteiger charge is 2.21. The summed E-state index contributed by atoms with van der Waals surface area (Å²) in [7, 11) is 1.46. The summed E-state index contributed by atoms with van der Waals surface area (Å²) in [5.74, 6) is -0.510. The lowest BCUT2D eigenvalue weighted by atomic mass is 9.93. The number of esters is 1. The molecule has 0 radical (unpaired) electrons. The van der Waals surface area contributed by atoms with Gasteiger partial charge in [0.05, 0.1) is 11.5 Å². The molecule has 0 atom stereocenters. The highest BCUT2D eigenvalue weighted by Crippen LogP contribution is 2.29. The highest BCUT2D eigenvalue weighted by molar-refractivity contribution is 8.13. The van der Waals surface area contributed by atoms with Crippen LogP contribution in [0, 0.1) is 12.3 Å². The largest absolute Gasteiger partial charge is 0.461 e. The van der Waals surface area contributed by atoms with Gasteiger partial charge in [0.1, 0.15) is 4.88 Å². The molecule has 1 aromatic heterocycles. The Morgan fingerprint density at radius 2 is 2.00 bits per heavy atom. The molecule has 7 heteroatoms. The Morgan fingerprint density at radius 3 is 2.42 bits per heavy atom. The van der Waals surface area contributed by atoms with Crippen molar-refractivity contribution in [3.05, 3.63) is 15.8 Å². The fraction of sp³-hybridized carbons (Fsp3) is 0.583. The van der Waals surface area contributed by atoms with Gasteiger partial charge < -0.3 is 4.74 Å². The molecule has 0 aliphatic heterocycles. The maximum absolute atomic E-state index is 11.8. The fourth-order valence-electron chi connectivity index (χ4n) is 1.33. The minimum atomic E-state index is -3.82. The van der Waals surface area contributed by atoms with Crippen molar-refractivity contribution in [2.45, 2.75) is 39.0 Å². The zero-order valence-corrected chi connectivity index (χ0v) is 13.7. The van der Waals surface area contributed by atoms with Gasteiger partial charge in [0, 0.05) is 15.6 Å². The SMILES string of the molecule is Cc1sc(C(=O)OCCC(C)(C)C)cc1S(=O)(=O)Cl. The van der Waals surface area contributed by atoms with Crippen molar-refractivity contribution in [3.63, 3.8) is 0 Å². The average Bonchev–Trinajstić information content (AvgIpc) is 2.57. The van der Waals surface area contributed by atoms with Gasteiger partial charge >= 0.3 is 5.97 Å². The first-order valence-electron chi connectivity index (χ1n) is 5.73. The summed E-state index contributed by atoms with van der Waals surface area (Å²) in [4.78, 5) is 12.5. The summed E-state index contributed by atoms with van der Waals surface area (Å²) in [6.45, 7) is 8.06. The highest BCUT2D eigenvalue weighted by atomic mass is 35.7. The molecule has 0 bridgehead atoms. The molecular formula is C12H17ClO4S2. The van der Waals surface area contributed by atoms with Gasteiger partial charge in [0.25, 0.3) is 9.05 Å². The molecule has 0 unspecified atom stereocenters. The standard InChI is InChI=1S/C12H17ClO4S2/c1-8-10(19(13,15)16)7-9(18-8)11(14)17-6-5-12(2,3)4/h7H,5-6H2,1-4H3. The van der Waals surface area contributed by atoms with Crippen molar-refractivity contribution in [2.75, 3.05) is 6.61 Å². The number of carbonyl (C=O) groups is 1. The molecule has 0 saturated carbocycles. The first kappa shape index (κ1) is 16.5. The minimum absolute atomic E-state index is 0.0260. The summed E-state index contributed by atoms with van der Waals surface area (Å²) in [6, 6.07) is 1.27. The van der Waals surface area contributed by atoms with Crippen molar-refractivity contribution >= 4 is 37.0 Å².